The van der Waals surface area contributed by atoms with Gasteiger partial charge in [0.05, 0.1) is 6.10 Å². The summed E-state index contributed by atoms with van der Waals surface area (Å²) in [7, 11) is 0. The Balaban J connectivity index is 1.62. The molecule has 2 fully saturated rings. The van der Waals surface area contributed by atoms with Gasteiger partial charge < -0.3 is 14.8 Å². The summed E-state index contributed by atoms with van der Waals surface area (Å²) in [6.07, 6.45) is 8.99. The molecule has 3 rings (SSSR count). The van der Waals surface area contributed by atoms with E-state index in [1.807, 2.05) is 31.2 Å². The van der Waals surface area contributed by atoms with Gasteiger partial charge in [0.1, 0.15) is 11.4 Å². The van der Waals surface area contributed by atoms with Crippen molar-refractivity contribution in [2.75, 3.05) is 11.9 Å². The van der Waals surface area contributed by atoms with E-state index in [9.17, 15) is 4.79 Å². The average Bonchev–Trinajstić information content (AvgIpc) is 3.10. The summed E-state index contributed by atoms with van der Waals surface area (Å²) in [5, 5.41) is 3.06. The number of carbonyl (C=O) groups is 1. The first-order valence-electron chi connectivity index (χ1n) is 9.83. The van der Waals surface area contributed by atoms with Gasteiger partial charge >= 0.3 is 0 Å². The van der Waals surface area contributed by atoms with Crippen molar-refractivity contribution in [2.24, 2.45) is 5.92 Å². The van der Waals surface area contributed by atoms with E-state index in [-0.39, 0.29) is 5.91 Å². The Kier molecular flexibility index (Phi) is 6.00. The van der Waals surface area contributed by atoms with Crippen molar-refractivity contribution < 1.29 is 14.3 Å². The molecule has 1 N–H and O–H groups in total. The van der Waals surface area contributed by atoms with Gasteiger partial charge in [0.25, 0.3) is 5.91 Å². The molecule has 1 aromatic rings. The van der Waals surface area contributed by atoms with Crippen LogP contribution in [0.15, 0.2) is 24.3 Å². The summed E-state index contributed by atoms with van der Waals surface area (Å²) in [5.41, 5.74) is 0.131. The van der Waals surface area contributed by atoms with E-state index < -0.39 is 5.60 Å². The second-order valence-electron chi connectivity index (χ2n) is 7.63. The highest BCUT2D eigenvalue weighted by molar-refractivity contribution is 5.97. The van der Waals surface area contributed by atoms with Crippen LogP contribution in [0.1, 0.15) is 65.2 Å². The zero-order valence-corrected chi connectivity index (χ0v) is 15.6. The van der Waals surface area contributed by atoms with Gasteiger partial charge in [-0.15, -0.1) is 0 Å². The van der Waals surface area contributed by atoms with Gasteiger partial charge in [-0.3, -0.25) is 4.79 Å². The fraction of sp³-hybridized carbons (Fsp3) is 0.667. The van der Waals surface area contributed by atoms with Crippen molar-refractivity contribution >= 4 is 11.6 Å². The van der Waals surface area contributed by atoms with E-state index >= 15 is 0 Å². The molecule has 0 radical (unpaired) electrons. The molecule has 2 saturated carbocycles. The third-order valence-corrected chi connectivity index (χ3v) is 5.51. The molecule has 0 unspecified atom stereocenters. The number of rotatable bonds is 6. The molecule has 1 aromatic carbocycles. The van der Waals surface area contributed by atoms with Crippen molar-refractivity contribution in [3.05, 3.63) is 24.3 Å². The standard InChI is InChI=1S/C21H31NO3/c1-3-24-21(14-6-7-16(2)15-21)20(23)22-17-10-12-19(13-11-17)25-18-8-4-5-9-18/h10-13,16,18H,3-9,14-15H2,1-2H3,(H,22,23)/t16-,21+/m1/s1. The lowest BCUT2D eigenvalue weighted by Crippen LogP contribution is -2.48. The van der Waals surface area contributed by atoms with Crippen LogP contribution in [0.4, 0.5) is 5.69 Å². The molecule has 138 valence electrons. The molecule has 0 spiro atoms. The van der Waals surface area contributed by atoms with Crippen LogP contribution in [0.2, 0.25) is 0 Å². The normalized spacial score (nSPS) is 27.2. The third kappa shape index (κ3) is 4.55. The molecular formula is C21H31NO3. The quantitative estimate of drug-likeness (QED) is 0.795. The maximum atomic E-state index is 12.9. The van der Waals surface area contributed by atoms with Crippen molar-refractivity contribution in [1.82, 2.24) is 0 Å². The van der Waals surface area contributed by atoms with Gasteiger partial charge in [-0.25, -0.2) is 0 Å². The summed E-state index contributed by atoms with van der Waals surface area (Å²) >= 11 is 0. The number of carbonyl (C=O) groups excluding carboxylic acids is 1. The first kappa shape index (κ1) is 18.2. The van der Waals surface area contributed by atoms with Gasteiger partial charge in [0.15, 0.2) is 0 Å². The van der Waals surface area contributed by atoms with Gasteiger partial charge in [0.2, 0.25) is 0 Å². The molecular weight excluding hydrogens is 314 g/mol. The second kappa shape index (κ2) is 8.22. The Bertz CT molecular complexity index is 561. The highest BCUT2D eigenvalue weighted by Crippen LogP contribution is 2.36. The zero-order valence-electron chi connectivity index (χ0n) is 15.6. The second-order valence-corrected chi connectivity index (χ2v) is 7.63. The summed E-state index contributed by atoms with van der Waals surface area (Å²) < 4.78 is 11.9. The first-order chi connectivity index (χ1) is 12.1. The molecule has 4 nitrogen and oxygen atoms in total. The van der Waals surface area contributed by atoms with Crippen LogP contribution >= 0.6 is 0 Å². The van der Waals surface area contributed by atoms with E-state index in [4.69, 9.17) is 9.47 Å². The van der Waals surface area contributed by atoms with Crippen molar-refractivity contribution in [1.29, 1.82) is 0 Å². The molecule has 4 heteroatoms. The SMILES string of the molecule is CCO[C@@]1(C(=O)Nc2ccc(OC3CCCC3)cc2)CCC[C@@H](C)C1. The Labute approximate surface area is 151 Å². The lowest BCUT2D eigenvalue weighted by molar-refractivity contribution is -0.147. The Morgan fingerprint density at radius 2 is 1.88 bits per heavy atom. The van der Waals surface area contributed by atoms with E-state index in [0.717, 1.165) is 43.5 Å². The van der Waals surface area contributed by atoms with Gasteiger partial charge in [-0.1, -0.05) is 13.3 Å². The predicted octanol–water partition coefficient (Wildman–Crippen LogP) is 4.93. The minimum absolute atomic E-state index is 0.00892. The number of ether oxygens (including phenoxy) is 2. The van der Waals surface area contributed by atoms with Crippen molar-refractivity contribution in [3.63, 3.8) is 0 Å². The van der Waals surface area contributed by atoms with Crippen LogP contribution in [0, 0.1) is 5.92 Å². The van der Waals surface area contributed by atoms with Crippen LogP contribution in [0.25, 0.3) is 0 Å². The molecule has 0 bridgehead atoms. The largest absolute Gasteiger partial charge is 0.490 e. The molecule has 2 aliphatic carbocycles. The Morgan fingerprint density at radius 3 is 2.52 bits per heavy atom. The maximum Gasteiger partial charge on any atom is 0.256 e. The number of hydrogen-bond acceptors (Lipinski definition) is 3. The summed E-state index contributed by atoms with van der Waals surface area (Å²) in [4.78, 5) is 12.9. The molecule has 2 atom stereocenters. The van der Waals surface area contributed by atoms with Crippen LogP contribution < -0.4 is 10.1 Å². The molecule has 0 aliphatic heterocycles. The Morgan fingerprint density at radius 1 is 1.16 bits per heavy atom. The lowest BCUT2D eigenvalue weighted by Gasteiger charge is -2.38. The molecule has 0 heterocycles. The average molecular weight is 345 g/mol. The highest BCUT2D eigenvalue weighted by atomic mass is 16.5. The molecule has 2 aliphatic rings. The fourth-order valence-electron chi connectivity index (χ4n) is 4.24. The van der Waals surface area contributed by atoms with Crippen molar-refractivity contribution in [2.45, 2.75) is 76.9 Å². The fourth-order valence-corrected chi connectivity index (χ4v) is 4.24. The molecule has 0 saturated heterocycles. The van der Waals surface area contributed by atoms with Crippen LogP contribution in [-0.4, -0.2) is 24.2 Å². The van der Waals surface area contributed by atoms with E-state index in [1.165, 1.54) is 19.3 Å². The summed E-state index contributed by atoms with van der Waals surface area (Å²) in [6.45, 7) is 4.73. The number of hydrogen-bond donors (Lipinski definition) is 1. The maximum absolute atomic E-state index is 12.9. The first-order valence-corrected chi connectivity index (χ1v) is 9.83. The summed E-state index contributed by atoms with van der Waals surface area (Å²) in [5.74, 6) is 1.40. The van der Waals surface area contributed by atoms with E-state index in [1.54, 1.807) is 0 Å². The monoisotopic (exact) mass is 345 g/mol. The minimum atomic E-state index is -0.675. The predicted molar refractivity (Wildman–Crippen MR) is 99.9 cm³/mol. The number of amides is 1. The van der Waals surface area contributed by atoms with Gasteiger partial charge in [-0.05, 0) is 82.1 Å². The van der Waals surface area contributed by atoms with Gasteiger partial charge in [0, 0.05) is 12.3 Å². The van der Waals surface area contributed by atoms with E-state index in [0.29, 0.717) is 18.6 Å². The van der Waals surface area contributed by atoms with Crippen LogP contribution in [0.3, 0.4) is 0 Å². The topological polar surface area (TPSA) is 47.6 Å². The van der Waals surface area contributed by atoms with Crippen LogP contribution in [0.5, 0.6) is 5.75 Å². The molecule has 25 heavy (non-hydrogen) atoms. The van der Waals surface area contributed by atoms with Crippen molar-refractivity contribution in [3.8, 4) is 5.75 Å². The highest BCUT2D eigenvalue weighted by Gasteiger charge is 2.42. The number of nitrogens with one attached hydrogen (secondary N) is 1. The number of anilines is 1. The van der Waals surface area contributed by atoms with Crippen LogP contribution in [-0.2, 0) is 9.53 Å². The Hall–Kier alpha value is -1.55. The molecule has 0 aromatic heterocycles. The summed E-state index contributed by atoms with van der Waals surface area (Å²) in [6, 6.07) is 7.75. The van der Waals surface area contributed by atoms with Gasteiger partial charge in [-0.2, -0.15) is 0 Å². The lowest BCUT2D eigenvalue weighted by atomic mass is 9.78. The van der Waals surface area contributed by atoms with E-state index in [2.05, 4.69) is 12.2 Å². The third-order valence-electron chi connectivity index (χ3n) is 5.51. The minimum Gasteiger partial charge on any atom is -0.490 e. The number of benzene rings is 1. The smallest absolute Gasteiger partial charge is 0.256 e. The molecule has 1 amide bonds. The zero-order chi connectivity index (χ0) is 17.7.